The van der Waals surface area contributed by atoms with Crippen LogP contribution in [0.2, 0.25) is 5.02 Å². The Balaban J connectivity index is 2.31. The molecule has 1 unspecified atom stereocenters. The molecule has 1 heterocycles. The van der Waals surface area contributed by atoms with Gasteiger partial charge in [-0.2, -0.15) is 0 Å². The molecule has 0 bridgehead atoms. The molecule has 130 valence electrons. The summed E-state index contributed by atoms with van der Waals surface area (Å²) in [4.78, 5) is 12.4. The smallest absolute Gasteiger partial charge is 0.312 e. The van der Waals surface area contributed by atoms with E-state index in [0.717, 1.165) is 16.9 Å². The number of benzene rings is 1. The second-order valence-electron chi connectivity index (χ2n) is 5.30. The standard InChI is InChI=1S/C18H21ClO4S/c1-3-7-23-17-14(19)10-12(11-15(17)22-4-2)9-13(18(20)21)16-6-5-8-24-16/h5-6,8,10-11,13H,3-4,7,9H2,1-2H3,(H,20,21). The summed E-state index contributed by atoms with van der Waals surface area (Å²) >= 11 is 7.79. The van der Waals surface area contributed by atoms with Crippen molar-refractivity contribution in [1.82, 2.24) is 0 Å². The average molecular weight is 369 g/mol. The molecule has 0 fully saturated rings. The fourth-order valence-corrected chi connectivity index (χ4v) is 3.49. The first kappa shape index (κ1) is 18.6. The van der Waals surface area contributed by atoms with E-state index in [2.05, 4.69) is 0 Å². The normalized spacial score (nSPS) is 12.0. The SMILES string of the molecule is CCCOc1c(Cl)cc(CC(C(=O)O)c2cccs2)cc1OCC. The second-order valence-corrected chi connectivity index (χ2v) is 6.68. The predicted molar refractivity (Wildman–Crippen MR) is 96.8 cm³/mol. The lowest BCUT2D eigenvalue weighted by Gasteiger charge is -2.16. The van der Waals surface area contributed by atoms with Gasteiger partial charge in [0.15, 0.2) is 11.5 Å². The van der Waals surface area contributed by atoms with Gasteiger partial charge in [-0.05, 0) is 48.9 Å². The van der Waals surface area contributed by atoms with Gasteiger partial charge in [0.1, 0.15) is 0 Å². The fourth-order valence-electron chi connectivity index (χ4n) is 2.38. The van der Waals surface area contributed by atoms with E-state index in [9.17, 15) is 9.90 Å². The summed E-state index contributed by atoms with van der Waals surface area (Å²) in [6.07, 6.45) is 1.22. The van der Waals surface area contributed by atoms with Crippen LogP contribution in [-0.2, 0) is 11.2 Å². The molecule has 0 saturated carbocycles. The van der Waals surface area contributed by atoms with Gasteiger partial charge in [-0.3, -0.25) is 4.79 Å². The molecule has 0 amide bonds. The average Bonchev–Trinajstić information content (AvgIpc) is 3.06. The van der Waals surface area contributed by atoms with Crippen LogP contribution in [0.25, 0.3) is 0 Å². The van der Waals surface area contributed by atoms with E-state index in [4.69, 9.17) is 21.1 Å². The number of thiophene rings is 1. The van der Waals surface area contributed by atoms with Crippen molar-refractivity contribution in [2.45, 2.75) is 32.6 Å². The van der Waals surface area contributed by atoms with Gasteiger partial charge in [0.05, 0.1) is 24.2 Å². The molecule has 1 aromatic carbocycles. The molecule has 24 heavy (non-hydrogen) atoms. The van der Waals surface area contributed by atoms with Crippen LogP contribution in [0.1, 0.15) is 36.6 Å². The van der Waals surface area contributed by atoms with E-state index >= 15 is 0 Å². The number of carbonyl (C=O) groups is 1. The molecular formula is C18H21ClO4S. The van der Waals surface area contributed by atoms with Crippen LogP contribution in [0.4, 0.5) is 0 Å². The minimum Gasteiger partial charge on any atom is -0.490 e. The van der Waals surface area contributed by atoms with Gasteiger partial charge in [0, 0.05) is 4.88 Å². The summed E-state index contributed by atoms with van der Waals surface area (Å²) in [5, 5.41) is 11.9. The topological polar surface area (TPSA) is 55.8 Å². The van der Waals surface area contributed by atoms with Crippen LogP contribution in [-0.4, -0.2) is 24.3 Å². The first-order chi connectivity index (χ1) is 11.6. The molecule has 0 aliphatic heterocycles. The fraction of sp³-hybridized carbons (Fsp3) is 0.389. The number of carboxylic acids is 1. The summed E-state index contributed by atoms with van der Waals surface area (Å²) < 4.78 is 11.3. The number of rotatable bonds is 9. The number of carboxylic acid groups (broad SMARTS) is 1. The Morgan fingerprint density at radius 2 is 2.12 bits per heavy atom. The van der Waals surface area contributed by atoms with E-state index in [1.54, 1.807) is 6.07 Å². The van der Waals surface area contributed by atoms with Crippen LogP contribution in [0.15, 0.2) is 29.6 Å². The minimum absolute atomic E-state index is 0.351. The van der Waals surface area contributed by atoms with Gasteiger partial charge in [0.25, 0.3) is 0 Å². The van der Waals surface area contributed by atoms with Gasteiger partial charge < -0.3 is 14.6 Å². The van der Waals surface area contributed by atoms with Gasteiger partial charge >= 0.3 is 5.97 Å². The lowest BCUT2D eigenvalue weighted by Crippen LogP contribution is -2.13. The zero-order valence-corrected chi connectivity index (χ0v) is 15.3. The first-order valence-electron chi connectivity index (χ1n) is 7.91. The summed E-state index contributed by atoms with van der Waals surface area (Å²) in [7, 11) is 0. The monoisotopic (exact) mass is 368 g/mol. The number of hydrogen-bond acceptors (Lipinski definition) is 4. The Kier molecular flexibility index (Phi) is 6.94. The maximum absolute atomic E-state index is 11.6. The van der Waals surface area contributed by atoms with E-state index in [1.165, 1.54) is 11.3 Å². The molecule has 1 aromatic heterocycles. The van der Waals surface area contributed by atoms with Crippen LogP contribution >= 0.6 is 22.9 Å². The molecule has 2 rings (SSSR count). The predicted octanol–water partition coefficient (Wildman–Crippen LogP) is 5.00. The Hall–Kier alpha value is -1.72. The molecule has 0 aliphatic carbocycles. The summed E-state index contributed by atoms with van der Waals surface area (Å²) in [6.45, 7) is 4.93. The zero-order chi connectivity index (χ0) is 17.5. The molecular weight excluding hydrogens is 348 g/mol. The van der Waals surface area contributed by atoms with Crippen molar-refractivity contribution in [3.05, 3.63) is 45.1 Å². The summed E-state index contributed by atoms with van der Waals surface area (Å²) in [5.74, 6) is -0.369. The molecule has 0 aliphatic rings. The molecule has 0 saturated heterocycles. The van der Waals surface area contributed by atoms with Crippen molar-refractivity contribution in [2.75, 3.05) is 13.2 Å². The van der Waals surface area contributed by atoms with Crippen molar-refractivity contribution in [2.24, 2.45) is 0 Å². The third-order valence-electron chi connectivity index (χ3n) is 3.44. The number of aliphatic carboxylic acids is 1. The van der Waals surface area contributed by atoms with Crippen LogP contribution in [0, 0.1) is 0 Å². The Labute approximate surface area is 151 Å². The number of halogens is 1. The van der Waals surface area contributed by atoms with Crippen molar-refractivity contribution in [1.29, 1.82) is 0 Å². The lowest BCUT2D eigenvalue weighted by atomic mass is 9.97. The van der Waals surface area contributed by atoms with Crippen molar-refractivity contribution in [3.63, 3.8) is 0 Å². The van der Waals surface area contributed by atoms with E-state index in [0.29, 0.717) is 36.2 Å². The van der Waals surface area contributed by atoms with Gasteiger partial charge in [-0.25, -0.2) is 0 Å². The van der Waals surface area contributed by atoms with Crippen LogP contribution in [0.3, 0.4) is 0 Å². The van der Waals surface area contributed by atoms with Crippen molar-refractivity contribution >= 4 is 28.9 Å². The molecule has 0 spiro atoms. The maximum Gasteiger partial charge on any atom is 0.312 e. The Morgan fingerprint density at radius 3 is 2.71 bits per heavy atom. The minimum atomic E-state index is -0.849. The van der Waals surface area contributed by atoms with E-state index in [-0.39, 0.29) is 0 Å². The zero-order valence-electron chi connectivity index (χ0n) is 13.8. The van der Waals surface area contributed by atoms with Crippen molar-refractivity contribution < 1.29 is 19.4 Å². The van der Waals surface area contributed by atoms with Gasteiger partial charge in [-0.1, -0.05) is 24.6 Å². The molecule has 0 radical (unpaired) electrons. The van der Waals surface area contributed by atoms with Gasteiger partial charge in [0.2, 0.25) is 0 Å². The third kappa shape index (κ3) is 4.65. The number of ether oxygens (including phenoxy) is 2. The third-order valence-corrected chi connectivity index (χ3v) is 4.71. The highest BCUT2D eigenvalue weighted by atomic mass is 35.5. The van der Waals surface area contributed by atoms with Crippen molar-refractivity contribution in [3.8, 4) is 11.5 Å². The van der Waals surface area contributed by atoms with E-state index in [1.807, 2.05) is 37.4 Å². The van der Waals surface area contributed by atoms with Crippen LogP contribution in [0.5, 0.6) is 11.5 Å². The number of hydrogen-bond donors (Lipinski definition) is 1. The first-order valence-corrected chi connectivity index (χ1v) is 9.16. The quantitative estimate of drug-likeness (QED) is 0.676. The summed E-state index contributed by atoms with van der Waals surface area (Å²) in [6, 6.07) is 7.28. The summed E-state index contributed by atoms with van der Waals surface area (Å²) in [5.41, 5.74) is 0.813. The Bertz CT molecular complexity index is 670. The van der Waals surface area contributed by atoms with Gasteiger partial charge in [-0.15, -0.1) is 11.3 Å². The van der Waals surface area contributed by atoms with Crippen LogP contribution < -0.4 is 9.47 Å². The lowest BCUT2D eigenvalue weighted by molar-refractivity contribution is -0.138. The highest BCUT2D eigenvalue weighted by Gasteiger charge is 2.23. The highest BCUT2D eigenvalue weighted by Crippen LogP contribution is 2.38. The van der Waals surface area contributed by atoms with E-state index < -0.39 is 11.9 Å². The molecule has 1 atom stereocenters. The Morgan fingerprint density at radius 1 is 1.33 bits per heavy atom. The molecule has 1 N–H and O–H groups in total. The largest absolute Gasteiger partial charge is 0.490 e. The highest BCUT2D eigenvalue weighted by molar-refractivity contribution is 7.10. The molecule has 6 heteroatoms. The molecule has 2 aromatic rings. The molecule has 4 nitrogen and oxygen atoms in total. The maximum atomic E-state index is 11.6. The second kappa shape index (κ2) is 8.94.